The van der Waals surface area contributed by atoms with Crippen molar-refractivity contribution < 1.29 is 24.1 Å². The van der Waals surface area contributed by atoms with Crippen LogP contribution < -0.4 is 0 Å². The summed E-state index contributed by atoms with van der Waals surface area (Å²) in [6, 6.07) is 0. The molecule has 0 bridgehead atoms. The Bertz CT molecular complexity index is 78.6. The van der Waals surface area contributed by atoms with Gasteiger partial charge in [-0.3, -0.25) is 0 Å². The maximum atomic E-state index is 8.23. The molecule has 1 N–H and O–H groups in total. The van der Waals surface area contributed by atoms with Gasteiger partial charge in [-0.2, -0.15) is 0 Å². The number of methoxy groups -OCH3 is 1. The highest BCUT2D eigenvalue weighted by Crippen LogP contribution is 1.91. The Morgan fingerprint density at radius 3 is 2.08 bits per heavy atom. The lowest BCUT2D eigenvalue weighted by molar-refractivity contribution is -0.109. The van der Waals surface area contributed by atoms with Crippen LogP contribution in [0.1, 0.15) is 12.8 Å². The number of ether oxygens (including phenoxy) is 4. The van der Waals surface area contributed by atoms with Crippen LogP contribution in [0.25, 0.3) is 0 Å². The van der Waals surface area contributed by atoms with E-state index in [4.69, 9.17) is 19.3 Å². The minimum Gasteiger partial charge on any atom is -0.371 e. The van der Waals surface area contributed by atoms with Gasteiger partial charge in [0, 0.05) is 20.3 Å². The second kappa shape index (κ2) is 11.8. The van der Waals surface area contributed by atoms with Crippen LogP contribution in [-0.2, 0) is 18.9 Å². The van der Waals surface area contributed by atoms with Crippen LogP contribution in [0, 0.1) is 0 Å². The SMILES string of the molecule is COCOCCCCOCOCO. The standard InChI is InChI=1S/C8H18O5/c1-10-7-11-4-2-3-5-12-8-13-6-9/h9H,2-8H2,1H3. The van der Waals surface area contributed by atoms with E-state index in [0.29, 0.717) is 20.0 Å². The molecule has 0 fully saturated rings. The van der Waals surface area contributed by atoms with Gasteiger partial charge in [-0.25, -0.2) is 0 Å². The van der Waals surface area contributed by atoms with Crippen molar-refractivity contribution in [3.8, 4) is 0 Å². The van der Waals surface area contributed by atoms with Gasteiger partial charge >= 0.3 is 0 Å². The number of unbranched alkanes of at least 4 members (excludes halogenated alkanes) is 1. The molecular formula is C8H18O5. The summed E-state index contributed by atoms with van der Waals surface area (Å²) in [5, 5.41) is 8.23. The highest BCUT2D eigenvalue weighted by atomic mass is 16.7. The molecule has 0 atom stereocenters. The van der Waals surface area contributed by atoms with Gasteiger partial charge < -0.3 is 24.1 Å². The summed E-state index contributed by atoms with van der Waals surface area (Å²) < 4.78 is 19.3. The van der Waals surface area contributed by atoms with Gasteiger partial charge in [-0.15, -0.1) is 0 Å². The van der Waals surface area contributed by atoms with Crippen molar-refractivity contribution in [1.29, 1.82) is 0 Å². The van der Waals surface area contributed by atoms with Crippen LogP contribution in [0.5, 0.6) is 0 Å². The fraction of sp³-hybridized carbons (Fsp3) is 1.00. The summed E-state index contributed by atoms with van der Waals surface area (Å²) >= 11 is 0. The van der Waals surface area contributed by atoms with Gasteiger partial charge in [-0.1, -0.05) is 0 Å². The van der Waals surface area contributed by atoms with Gasteiger partial charge in [-0.05, 0) is 12.8 Å². The van der Waals surface area contributed by atoms with E-state index in [0.717, 1.165) is 12.8 Å². The summed E-state index contributed by atoms with van der Waals surface area (Å²) in [6.07, 6.45) is 1.85. The average molecular weight is 194 g/mol. The van der Waals surface area contributed by atoms with Gasteiger partial charge in [0.25, 0.3) is 0 Å². The average Bonchev–Trinajstić information content (AvgIpc) is 2.16. The Hall–Kier alpha value is -0.200. The van der Waals surface area contributed by atoms with Crippen LogP contribution in [0.3, 0.4) is 0 Å². The molecule has 0 aromatic heterocycles. The molecule has 0 aromatic carbocycles. The molecule has 0 heterocycles. The summed E-state index contributed by atoms with van der Waals surface area (Å²) in [4.78, 5) is 0. The normalized spacial score (nSPS) is 10.6. The van der Waals surface area contributed by atoms with Gasteiger partial charge in [0.2, 0.25) is 0 Å². The van der Waals surface area contributed by atoms with Gasteiger partial charge in [0.05, 0.1) is 0 Å². The summed E-state index contributed by atoms with van der Waals surface area (Å²) in [5.41, 5.74) is 0. The Morgan fingerprint density at radius 2 is 1.54 bits per heavy atom. The van der Waals surface area contributed by atoms with Gasteiger partial charge in [0.15, 0.2) is 0 Å². The number of hydrogen-bond acceptors (Lipinski definition) is 5. The first kappa shape index (κ1) is 12.8. The van der Waals surface area contributed by atoms with Crippen LogP contribution in [0.4, 0.5) is 0 Å². The smallest absolute Gasteiger partial charge is 0.149 e. The lowest BCUT2D eigenvalue weighted by Crippen LogP contribution is -2.04. The molecule has 0 aliphatic carbocycles. The predicted octanol–water partition coefficient (Wildman–Crippen LogP) is 0.328. The van der Waals surface area contributed by atoms with Crippen molar-refractivity contribution in [3.05, 3.63) is 0 Å². The van der Waals surface area contributed by atoms with Crippen molar-refractivity contribution in [2.75, 3.05) is 40.7 Å². The van der Waals surface area contributed by atoms with Crippen LogP contribution in [0.2, 0.25) is 0 Å². The summed E-state index contributed by atoms with van der Waals surface area (Å²) in [7, 11) is 1.59. The lowest BCUT2D eigenvalue weighted by Gasteiger charge is -2.04. The van der Waals surface area contributed by atoms with E-state index in [1.807, 2.05) is 0 Å². The Labute approximate surface area is 78.5 Å². The zero-order valence-electron chi connectivity index (χ0n) is 8.03. The van der Waals surface area contributed by atoms with Gasteiger partial charge in [0.1, 0.15) is 20.4 Å². The number of aliphatic hydroxyl groups excluding tert-OH is 1. The van der Waals surface area contributed by atoms with E-state index in [2.05, 4.69) is 4.74 Å². The minimum atomic E-state index is -0.295. The third-order valence-corrected chi connectivity index (χ3v) is 1.29. The van der Waals surface area contributed by atoms with Crippen molar-refractivity contribution in [1.82, 2.24) is 0 Å². The molecule has 80 valence electrons. The second-order valence-corrected chi connectivity index (χ2v) is 2.38. The molecule has 0 unspecified atom stereocenters. The predicted molar refractivity (Wildman–Crippen MR) is 46.1 cm³/mol. The van der Waals surface area contributed by atoms with E-state index in [9.17, 15) is 0 Å². The molecule has 0 aliphatic heterocycles. The highest BCUT2D eigenvalue weighted by Gasteiger charge is 1.90. The Kier molecular flexibility index (Phi) is 11.6. The molecular weight excluding hydrogens is 176 g/mol. The molecule has 0 spiro atoms. The second-order valence-electron chi connectivity index (χ2n) is 2.38. The number of hydrogen-bond donors (Lipinski definition) is 1. The Balaban J connectivity index is 2.76. The van der Waals surface area contributed by atoms with Crippen molar-refractivity contribution >= 4 is 0 Å². The Morgan fingerprint density at radius 1 is 0.923 bits per heavy atom. The molecule has 5 nitrogen and oxygen atoms in total. The van der Waals surface area contributed by atoms with Crippen molar-refractivity contribution in [3.63, 3.8) is 0 Å². The van der Waals surface area contributed by atoms with Crippen LogP contribution in [-0.4, -0.2) is 45.8 Å². The molecule has 0 aromatic rings. The first-order valence-electron chi connectivity index (χ1n) is 4.25. The van der Waals surface area contributed by atoms with E-state index in [1.165, 1.54) is 0 Å². The topological polar surface area (TPSA) is 57.2 Å². The maximum absolute atomic E-state index is 8.23. The third kappa shape index (κ3) is 11.8. The quantitative estimate of drug-likeness (QED) is 0.401. The molecule has 0 saturated heterocycles. The van der Waals surface area contributed by atoms with E-state index >= 15 is 0 Å². The molecule has 5 heteroatoms. The first-order valence-corrected chi connectivity index (χ1v) is 4.25. The summed E-state index contributed by atoms with van der Waals surface area (Å²) in [5.74, 6) is 0. The first-order chi connectivity index (χ1) is 6.41. The molecule has 0 radical (unpaired) electrons. The lowest BCUT2D eigenvalue weighted by atomic mass is 10.3. The maximum Gasteiger partial charge on any atom is 0.149 e. The fourth-order valence-electron chi connectivity index (χ4n) is 0.706. The molecule has 13 heavy (non-hydrogen) atoms. The largest absolute Gasteiger partial charge is 0.371 e. The molecule has 0 amide bonds. The zero-order valence-corrected chi connectivity index (χ0v) is 8.03. The number of aliphatic hydroxyl groups is 1. The van der Waals surface area contributed by atoms with Crippen LogP contribution in [0.15, 0.2) is 0 Å². The highest BCUT2D eigenvalue weighted by molar-refractivity contribution is 4.35. The fourth-order valence-corrected chi connectivity index (χ4v) is 0.706. The van der Waals surface area contributed by atoms with Crippen LogP contribution >= 0.6 is 0 Å². The van der Waals surface area contributed by atoms with E-state index in [1.54, 1.807) is 7.11 Å². The van der Waals surface area contributed by atoms with Crippen molar-refractivity contribution in [2.24, 2.45) is 0 Å². The minimum absolute atomic E-state index is 0.148. The molecule has 0 rings (SSSR count). The summed E-state index contributed by atoms with van der Waals surface area (Å²) in [6.45, 7) is 1.50. The molecule has 0 aliphatic rings. The monoisotopic (exact) mass is 194 g/mol. The number of rotatable bonds is 10. The van der Waals surface area contributed by atoms with Crippen molar-refractivity contribution in [2.45, 2.75) is 12.8 Å². The molecule has 0 saturated carbocycles. The zero-order chi connectivity index (χ0) is 9.78. The van der Waals surface area contributed by atoms with E-state index in [-0.39, 0.29) is 13.6 Å². The third-order valence-electron chi connectivity index (χ3n) is 1.29. The van der Waals surface area contributed by atoms with E-state index < -0.39 is 0 Å².